The highest BCUT2D eigenvalue weighted by atomic mass is 16.5. The Morgan fingerprint density at radius 3 is 2.68 bits per heavy atom. The van der Waals surface area contributed by atoms with E-state index in [1.54, 1.807) is 0 Å². The normalized spacial score (nSPS) is 15.2. The van der Waals surface area contributed by atoms with E-state index in [4.69, 9.17) is 4.74 Å². The number of piperidine rings is 1. The summed E-state index contributed by atoms with van der Waals surface area (Å²) in [6.07, 6.45) is 4.16. The second kappa shape index (κ2) is 6.45. The molecule has 1 saturated heterocycles. The van der Waals surface area contributed by atoms with Gasteiger partial charge in [-0.05, 0) is 37.0 Å². The van der Waals surface area contributed by atoms with Gasteiger partial charge < -0.3 is 15.0 Å². The highest BCUT2D eigenvalue weighted by molar-refractivity contribution is 5.76. The van der Waals surface area contributed by atoms with Gasteiger partial charge in [-0.15, -0.1) is 0 Å². The third kappa shape index (κ3) is 3.40. The van der Waals surface area contributed by atoms with Crippen molar-refractivity contribution < 1.29 is 9.53 Å². The molecule has 0 unspecified atom stereocenters. The number of carbonyl (C=O) groups excluding carboxylic acids is 1. The zero-order valence-electron chi connectivity index (χ0n) is 11.7. The molecule has 0 aromatic heterocycles. The maximum absolute atomic E-state index is 11.3. The van der Waals surface area contributed by atoms with Gasteiger partial charge in [-0.2, -0.15) is 0 Å². The SMILES string of the molecule is CNc1cc(CC(=O)OC)ccc1N1CCCCC1. The van der Waals surface area contributed by atoms with E-state index in [2.05, 4.69) is 16.3 Å². The van der Waals surface area contributed by atoms with Crippen LogP contribution in [0.2, 0.25) is 0 Å². The Balaban J connectivity index is 2.18. The molecule has 0 spiro atoms. The molecule has 1 fully saturated rings. The number of ether oxygens (including phenoxy) is 1. The van der Waals surface area contributed by atoms with Crippen LogP contribution in [-0.2, 0) is 16.0 Å². The Labute approximate surface area is 114 Å². The molecule has 0 radical (unpaired) electrons. The smallest absolute Gasteiger partial charge is 0.309 e. The van der Waals surface area contributed by atoms with Crippen LogP contribution in [-0.4, -0.2) is 33.2 Å². The largest absolute Gasteiger partial charge is 0.469 e. The number of esters is 1. The summed E-state index contributed by atoms with van der Waals surface area (Å²) in [4.78, 5) is 13.7. The van der Waals surface area contributed by atoms with Crippen molar-refractivity contribution in [3.8, 4) is 0 Å². The molecule has 1 aromatic rings. The number of benzene rings is 1. The van der Waals surface area contributed by atoms with E-state index in [0.717, 1.165) is 24.3 Å². The summed E-state index contributed by atoms with van der Waals surface area (Å²) in [5.74, 6) is -0.201. The van der Waals surface area contributed by atoms with Gasteiger partial charge in [0.1, 0.15) is 0 Å². The summed E-state index contributed by atoms with van der Waals surface area (Å²) in [7, 11) is 3.34. The van der Waals surface area contributed by atoms with Crippen LogP contribution in [0.15, 0.2) is 18.2 Å². The molecule has 0 atom stereocenters. The summed E-state index contributed by atoms with van der Waals surface area (Å²) in [6.45, 7) is 2.23. The lowest BCUT2D eigenvalue weighted by Gasteiger charge is -2.30. The third-order valence-corrected chi connectivity index (χ3v) is 3.60. The quantitative estimate of drug-likeness (QED) is 0.846. The standard InChI is InChI=1S/C15H22N2O2/c1-16-13-10-12(11-15(18)19-2)6-7-14(13)17-8-4-3-5-9-17/h6-7,10,16H,3-5,8-9,11H2,1-2H3. The first-order valence-electron chi connectivity index (χ1n) is 6.87. The van der Waals surface area contributed by atoms with Crippen LogP contribution in [0.3, 0.4) is 0 Å². The fraction of sp³-hybridized carbons (Fsp3) is 0.533. The molecule has 19 heavy (non-hydrogen) atoms. The lowest BCUT2D eigenvalue weighted by atomic mass is 10.1. The van der Waals surface area contributed by atoms with Gasteiger partial charge in [-0.1, -0.05) is 6.07 Å². The monoisotopic (exact) mass is 262 g/mol. The zero-order chi connectivity index (χ0) is 13.7. The molecule has 1 heterocycles. The van der Waals surface area contributed by atoms with E-state index < -0.39 is 0 Å². The summed E-state index contributed by atoms with van der Waals surface area (Å²) in [5.41, 5.74) is 3.30. The average Bonchev–Trinajstić information content (AvgIpc) is 2.47. The van der Waals surface area contributed by atoms with Gasteiger partial charge in [0.05, 0.1) is 24.9 Å². The molecule has 0 saturated carbocycles. The predicted molar refractivity (Wildman–Crippen MR) is 77.8 cm³/mol. The first-order valence-corrected chi connectivity index (χ1v) is 6.87. The number of hydrogen-bond acceptors (Lipinski definition) is 4. The zero-order valence-corrected chi connectivity index (χ0v) is 11.7. The Hall–Kier alpha value is -1.71. The topological polar surface area (TPSA) is 41.6 Å². The van der Waals surface area contributed by atoms with Crippen molar-refractivity contribution in [2.24, 2.45) is 0 Å². The molecule has 4 heteroatoms. The van der Waals surface area contributed by atoms with Crippen molar-refractivity contribution in [3.63, 3.8) is 0 Å². The molecular formula is C15H22N2O2. The van der Waals surface area contributed by atoms with Crippen LogP contribution in [0.5, 0.6) is 0 Å². The van der Waals surface area contributed by atoms with Crippen molar-refractivity contribution in [2.45, 2.75) is 25.7 Å². The van der Waals surface area contributed by atoms with Crippen LogP contribution in [0, 0.1) is 0 Å². The number of nitrogens with one attached hydrogen (secondary N) is 1. The number of rotatable bonds is 4. The van der Waals surface area contributed by atoms with Crippen molar-refractivity contribution in [1.82, 2.24) is 0 Å². The molecule has 0 bridgehead atoms. The summed E-state index contributed by atoms with van der Waals surface area (Å²) < 4.78 is 4.70. The number of methoxy groups -OCH3 is 1. The van der Waals surface area contributed by atoms with Gasteiger partial charge in [0, 0.05) is 20.1 Å². The highest BCUT2D eigenvalue weighted by Gasteiger charge is 2.15. The molecule has 1 aliphatic rings. The number of nitrogens with zero attached hydrogens (tertiary/aromatic N) is 1. The minimum Gasteiger partial charge on any atom is -0.469 e. The van der Waals surface area contributed by atoms with Crippen LogP contribution in [0.25, 0.3) is 0 Å². The van der Waals surface area contributed by atoms with E-state index in [1.807, 2.05) is 19.2 Å². The van der Waals surface area contributed by atoms with Gasteiger partial charge in [-0.25, -0.2) is 0 Å². The highest BCUT2D eigenvalue weighted by Crippen LogP contribution is 2.29. The van der Waals surface area contributed by atoms with Crippen molar-refractivity contribution in [3.05, 3.63) is 23.8 Å². The van der Waals surface area contributed by atoms with Gasteiger partial charge in [0.2, 0.25) is 0 Å². The molecule has 0 aliphatic carbocycles. The second-order valence-electron chi connectivity index (χ2n) is 4.90. The van der Waals surface area contributed by atoms with Gasteiger partial charge >= 0.3 is 5.97 Å². The molecule has 2 rings (SSSR count). The van der Waals surface area contributed by atoms with Crippen LogP contribution in [0.1, 0.15) is 24.8 Å². The fourth-order valence-electron chi connectivity index (χ4n) is 2.54. The second-order valence-corrected chi connectivity index (χ2v) is 4.90. The number of hydrogen-bond donors (Lipinski definition) is 1. The molecule has 1 N–H and O–H groups in total. The lowest BCUT2D eigenvalue weighted by Crippen LogP contribution is -2.30. The summed E-state index contributed by atoms with van der Waals surface area (Å²) in [6, 6.07) is 6.16. The van der Waals surface area contributed by atoms with Gasteiger partial charge in [0.15, 0.2) is 0 Å². The van der Waals surface area contributed by atoms with Crippen molar-refractivity contribution in [2.75, 3.05) is 37.5 Å². The number of carbonyl (C=O) groups is 1. The summed E-state index contributed by atoms with van der Waals surface area (Å²) >= 11 is 0. The first kappa shape index (κ1) is 13.7. The Kier molecular flexibility index (Phi) is 4.66. The Morgan fingerprint density at radius 1 is 1.32 bits per heavy atom. The van der Waals surface area contributed by atoms with Crippen molar-refractivity contribution in [1.29, 1.82) is 0 Å². The van der Waals surface area contributed by atoms with Gasteiger partial charge in [0.25, 0.3) is 0 Å². The Bertz CT molecular complexity index is 440. The minimum absolute atomic E-state index is 0.201. The minimum atomic E-state index is -0.201. The van der Waals surface area contributed by atoms with Crippen molar-refractivity contribution >= 4 is 17.3 Å². The maximum atomic E-state index is 11.3. The average molecular weight is 262 g/mol. The lowest BCUT2D eigenvalue weighted by molar-refractivity contribution is -0.139. The maximum Gasteiger partial charge on any atom is 0.309 e. The van der Waals surface area contributed by atoms with E-state index in [9.17, 15) is 4.79 Å². The summed E-state index contributed by atoms with van der Waals surface area (Å²) in [5, 5.41) is 3.23. The third-order valence-electron chi connectivity index (χ3n) is 3.60. The molecular weight excluding hydrogens is 240 g/mol. The van der Waals surface area contributed by atoms with Gasteiger partial charge in [-0.3, -0.25) is 4.79 Å². The molecule has 0 amide bonds. The molecule has 4 nitrogen and oxygen atoms in total. The molecule has 104 valence electrons. The molecule has 1 aliphatic heterocycles. The fourth-order valence-corrected chi connectivity index (χ4v) is 2.54. The van der Waals surface area contributed by atoms with E-state index in [-0.39, 0.29) is 5.97 Å². The van der Waals surface area contributed by atoms with Crippen LogP contribution < -0.4 is 10.2 Å². The van der Waals surface area contributed by atoms with E-state index in [0.29, 0.717) is 6.42 Å². The van der Waals surface area contributed by atoms with E-state index in [1.165, 1.54) is 32.1 Å². The molecule has 1 aromatic carbocycles. The predicted octanol–water partition coefficient (Wildman–Crippen LogP) is 2.43. The van der Waals surface area contributed by atoms with Crippen LogP contribution in [0.4, 0.5) is 11.4 Å². The van der Waals surface area contributed by atoms with Crippen LogP contribution >= 0.6 is 0 Å². The number of anilines is 2. The van der Waals surface area contributed by atoms with E-state index >= 15 is 0 Å². The Morgan fingerprint density at radius 2 is 2.05 bits per heavy atom. The first-order chi connectivity index (χ1) is 9.24.